The Balaban J connectivity index is 0.000000338. The summed E-state index contributed by atoms with van der Waals surface area (Å²) in [5, 5.41) is 14.6. The highest BCUT2D eigenvalue weighted by atomic mass is 16.6. The number of amides is 7. The average molecular weight is 1450 g/mol. The minimum Gasteiger partial charge on any atom is -0.445 e. The van der Waals surface area contributed by atoms with Crippen molar-refractivity contribution in [2.24, 2.45) is 5.73 Å². The summed E-state index contributed by atoms with van der Waals surface area (Å²) >= 11 is 0. The molecule has 7 amide bonds. The first-order valence-corrected chi connectivity index (χ1v) is 35.7. The molecule has 0 aromatic heterocycles. The molecular weight excluding hydrogens is 1340 g/mol. The number of ketones is 2. The smallest absolute Gasteiger partial charge is 0.410 e. The van der Waals surface area contributed by atoms with E-state index >= 15 is 0 Å². The minimum atomic E-state index is -1.45. The first-order valence-electron chi connectivity index (χ1n) is 35.7. The van der Waals surface area contributed by atoms with E-state index in [2.05, 4.69) is 26.6 Å². The van der Waals surface area contributed by atoms with Gasteiger partial charge in [-0.25, -0.2) is 24.0 Å². The van der Waals surface area contributed by atoms with Gasteiger partial charge < -0.3 is 56.0 Å². The molecule has 0 unspecified atom stereocenters. The second-order valence-corrected chi connectivity index (χ2v) is 29.7. The number of hydrogen-bond acceptors (Lipinski definition) is 15. The predicted octanol–water partition coefficient (Wildman–Crippen LogP) is 13.8. The number of nitrogens with zero attached hydrogens (tertiary/aromatic N) is 2. The number of alkyl carbamates (subject to hydrolysis) is 3. The van der Waals surface area contributed by atoms with Gasteiger partial charge in [0.15, 0.2) is 11.6 Å². The molecule has 4 atom stereocenters. The molecule has 106 heavy (non-hydrogen) atoms. The SMILES string of the molecule is CC[C@@H](CN(CC(=O)[C@@H](N)CC(=O)NC(c1ccccc1)(c1ccccc1)c1ccccc1)C(=O)OC(C)(C)C)NC(=O)OC(C)(C)C.CC[C@@H](CN(CC(=O)[C@H](CC(=O)NC(c1ccccc1)(c1ccccc1)c1ccccc1)NC(=O)OCc1ccccc1)C(=O)OC(C)(C)C)NC(=O)OC(C)(C)C. The molecule has 0 saturated carbocycles. The molecule has 566 valence electrons. The normalized spacial score (nSPS) is 12.8. The van der Waals surface area contributed by atoms with Gasteiger partial charge in [0.05, 0.1) is 25.6 Å². The van der Waals surface area contributed by atoms with E-state index in [1.54, 1.807) is 107 Å². The Morgan fingerprint density at radius 3 is 0.943 bits per heavy atom. The molecule has 0 saturated heterocycles. The maximum atomic E-state index is 14.5. The Labute approximate surface area is 624 Å². The summed E-state index contributed by atoms with van der Waals surface area (Å²) in [4.78, 5) is 124. The van der Waals surface area contributed by atoms with Gasteiger partial charge in [-0.3, -0.25) is 29.0 Å². The van der Waals surface area contributed by atoms with Crippen molar-refractivity contribution >= 4 is 53.8 Å². The number of ether oxygens (including phenoxy) is 5. The number of Topliss-reactive ketones (excluding diaryl/α,β-unsaturated/α-hetero) is 2. The van der Waals surface area contributed by atoms with E-state index in [1.807, 2.05) is 202 Å². The van der Waals surface area contributed by atoms with Crippen molar-refractivity contribution in [1.82, 2.24) is 36.4 Å². The van der Waals surface area contributed by atoms with Crippen molar-refractivity contribution in [2.75, 3.05) is 26.2 Å². The molecule has 0 aliphatic heterocycles. The number of carbonyl (C=O) groups is 9. The summed E-state index contributed by atoms with van der Waals surface area (Å²) in [7, 11) is 0. The van der Waals surface area contributed by atoms with Gasteiger partial charge in [-0.05, 0) is 135 Å². The van der Waals surface area contributed by atoms with E-state index in [4.69, 9.17) is 29.4 Å². The van der Waals surface area contributed by atoms with E-state index in [9.17, 15) is 43.2 Å². The third-order valence-electron chi connectivity index (χ3n) is 16.3. The van der Waals surface area contributed by atoms with Crippen molar-refractivity contribution in [2.45, 2.75) is 187 Å². The molecule has 0 heterocycles. The van der Waals surface area contributed by atoms with Gasteiger partial charge in [0.25, 0.3) is 0 Å². The molecule has 22 heteroatoms. The molecule has 0 bridgehead atoms. The van der Waals surface area contributed by atoms with Crippen LogP contribution in [0.3, 0.4) is 0 Å². The maximum Gasteiger partial charge on any atom is 0.410 e. The van der Waals surface area contributed by atoms with Crippen molar-refractivity contribution in [3.05, 3.63) is 251 Å². The van der Waals surface area contributed by atoms with Gasteiger partial charge in [-0.1, -0.05) is 226 Å². The van der Waals surface area contributed by atoms with Crippen LogP contribution in [0.5, 0.6) is 0 Å². The van der Waals surface area contributed by atoms with Crippen molar-refractivity contribution in [3.8, 4) is 0 Å². The van der Waals surface area contributed by atoms with Crippen molar-refractivity contribution < 1.29 is 66.8 Å². The lowest BCUT2D eigenvalue weighted by molar-refractivity contribution is -0.128. The first-order chi connectivity index (χ1) is 50.0. The fourth-order valence-electron chi connectivity index (χ4n) is 11.4. The van der Waals surface area contributed by atoms with Crippen molar-refractivity contribution in [3.63, 3.8) is 0 Å². The highest BCUT2D eigenvalue weighted by Gasteiger charge is 2.42. The summed E-state index contributed by atoms with van der Waals surface area (Å²) in [6.07, 6.45) is -3.85. The maximum absolute atomic E-state index is 14.5. The Kier molecular flexibility index (Phi) is 30.7. The molecule has 0 aliphatic carbocycles. The molecule has 0 spiro atoms. The third-order valence-corrected chi connectivity index (χ3v) is 16.3. The van der Waals surface area contributed by atoms with Crippen LogP contribution in [0.15, 0.2) is 212 Å². The molecule has 7 N–H and O–H groups in total. The molecule has 0 aliphatic rings. The zero-order valence-electron chi connectivity index (χ0n) is 63.6. The van der Waals surface area contributed by atoms with Crippen LogP contribution in [-0.2, 0) is 60.5 Å². The largest absolute Gasteiger partial charge is 0.445 e. The van der Waals surface area contributed by atoms with E-state index in [-0.39, 0.29) is 26.1 Å². The van der Waals surface area contributed by atoms with Gasteiger partial charge >= 0.3 is 30.5 Å². The Morgan fingerprint density at radius 1 is 0.368 bits per heavy atom. The van der Waals surface area contributed by atoms with E-state index in [0.717, 1.165) is 43.8 Å². The second kappa shape index (κ2) is 38.8. The minimum absolute atomic E-state index is 0.0333. The fourth-order valence-corrected chi connectivity index (χ4v) is 11.4. The number of nitrogens with one attached hydrogen (secondary N) is 5. The van der Waals surface area contributed by atoms with Gasteiger partial charge in [-0.2, -0.15) is 0 Å². The van der Waals surface area contributed by atoms with Gasteiger partial charge in [0.1, 0.15) is 46.1 Å². The van der Waals surface area contributed by atoms with E-state index in [1.165, 1.54) is 4.90 Å². The van der Waals surface area contributed by atoms with Crippen LogP contribution in [-0.4, -0.2) is 136 Å². The predicted molar refractivity (Wildman–Crippen MR) is 408 cm³/mol. The van der Waals surface area contributed by atoms with Crippen LogP contribution >= 0.6 is 0 Å². The summed E-state index contributed by atoms with van der Waals surface area (Å²) in [5.74, 6) is -2.23. The van der Waals surface area contributed by atoms with Crippen LogP contribution in [0.25, 0.3) is 0 Å². The molecule has 7 aromatic carbocycles. The molecular formula is C84H106N8O14. The number of benzene rings is 7. The monoisotopic (exact) mass is 1450 g/mol. The fraction of sp³-hybridized carbons (Fsp3) is 0.393. The summed E-state index contributed by atoms with van der Waals surface area (Å²) < 4.78 is 27.5. The lowest BCUT2D eigenvalue weighted by Gasteiger charge is -2.37. The molecule has 0 radical (unpaired) electrons. The lowest BCUT2D eigenvalue weighted by atomic mass is 9.77. The Bertz CT molecular complexity index is 3770. The van der Waals surface area contributed by atoms with Crippen LogP contribution in [0.4, 0.5) is 24.0 Å². The van der Waals surface area contributed by atoms with Gasteiger partial charge in [-0.15, -0.1) is 0 Å². The average Bonchev–Trinajstić information content (AvgIpc) is 0.759. The van der Waals surface area contributed by atoms with Crippen LogP contribution in [0, 0.1) is 0 Å². The van der Waals surface area contributed by atoms with Crippen molar-refractivity contribution in [1.29, 1.82) is 0 Å². The molecule has 7 aromatic rings. The van der Waals surface area contributed by atoms with Gasteiger partial charge in [0, 0.05) is 31.6 Å². The van der Waals surface area contributed by atoms with Gasteiger partial charge in [0.2, 0.25) is 11.8 Å². The highest BCUT2D eigenvalue weighted by molar-refractivity contribution is 5.95. The standard InChI is InChI=1S/C46H56N4O8.C38H50N4O6/c1-8-37(47-42(54)57-44(2,3)4)30-50(43(55)58-45(5,6)7)31-39(51)38(48-41(53)56-32-33-21-13-9-14-22-33)29-40(52)49-46(34-23-15-10-16-24-34,35-25-17-11-18-26-35)36-27-19-12-20-28-36;1-8-30(40-34(45)47-36(2,3)4)25-42(35(46)48-37(5,6)7)26-32(43)31(39)24-33(44)41-38(27-18-12-9-13-19-27,28-20-14-10-15-21-28)29-22-16-11-17-23-29/h9-28,37-38H,8,29-32H2,1-7H3,(H,47,54)(H,48,53)(H,49,52);9-23,30-31H,8,24-26,39H2,1-7H3,(H,40,45)(H,41,44)/t37-,38-;30-,31-/m00/s1. The number of rotatable bonds is 29. The summed E-state index contributed by atoms with van der Waals surface area (Å²) in [6, 6.07) is 62.4. The lowest BCUT2D eigenvalue weighted by Crippen LogP contribution is -2.54. The van der Waals surface area contributed by atoms with Crippen LogP contribution in [0.2, 0.25) is 0 Å². The number of carbonyl (C=O) groups excluding carboxylic acids is 9. The van der Waals surface area contributed by atoms with Crippen LogP contribution < -0.4 is 32.3 Å². The Hall–Kier alpha value is -10.9. The first kappa shape index (κ1) is 84.1. The van der Waals surface area contributed by atoms with Crippen LogP contribution in [0.1, 0.15) is 162 Å². The molecule has 7 rings (SSSR count). The third kappa shape index (κ3) is 26.7. The number of hydrogen-bond donors (Lipinski definition) is 6. The summed E-state index contributed by atoms with van der Waals surface area (Å²) in [5.41, 5.74) is 6.34. The van der Waals surface area contributed by atoms with E-state index in [0.29, 0.717) is 12.8 Å². The highest BCUT2D eigenvalue weighted by Crippen LogP contribution is 2.39. The summed E-state index contributed by atoms with van der Waals surface area (Å²) in [6.45, 7) is 23.1. The molecule has 22 nitrogen and oxygen atoms in total. The zero-order chi connectivity index (χ0) is 77.9. The number of nitrogens with two attached hydrogens (primary N) is 1. The zero-order valence-corrected chi connectivity index (χ0v) is 63.6. The van der Waals surface area contributed by atoms with E-state index < -0.39 is 131 Å². The Morgan fingerprint density at radius 2 is 0.651 bits per heavy atom. The topological polar surface area (TPSA) is 292 Å². The quantitative estimate of drug-likeness (QED) is 0.0188. The molecule has 0 fully saturated rings. The second-order valence-electron chi connectivity index (χ2n) is 29.7.